The topological polar surface area (TPSA) is 84.9 Å². The lowest BCUT2D eigenvalue weighted by molar-refractivity contribution is -0.140. The number of hydrogen-bond acceptors (Lipinski definition) is 4. The summed E-state index contributed by atoms with van der Waals surface area (Å²) in [6.07, 6.45) is -0.755. The quantitative estimate of drug-likeness (QED) is 0.740. The third-order valence-corrected chi connectivity index (χ3v) is 4.09. The van der Waals surface area contributed by atoms with Gasteiger partial charge in [-0.05, 0) is 44.0 Å². The Hall–Kier alpha value is -3.02. The van der Waals surface area contributed by atoms with Gasteiger partial charge in [-0.25, -0.2) is 9.59 Å². The van der Waals surface area contributed by atoms with Crippen molar-refractivity contribution in [3.8, 4) is 5.75 Å². The highest BCUT2D eigenvalue weighted by Gasteiger charge is 2.29. The van der Waals surface area contributed by atoms with Crippen LogP contribution < -0.4 is 10.1 Å². The van der Waals surface area contributed by atoms with Crippen LogP contribution in [-0.2, 0) is 16.1 Å². The molecule has 0 saturated heterocycles. The lowest BCUT2D eigenvalue weighted by atomic mass is 9.93. The van der Waals surface area contributed by atoms with Crippen molar-refractivity contribution in [3.05, 3.63) is 65.7 Å². The summed E-state index contributed by atoms with van der Waals surface area (Å²) in [7, 11) is 0. The van der Waals surface area contributed by atoms with Crippen molar-refractivity contribution in [1.82, 2.24) is 5.32 Å². The largest absolute Gasteiger partial charge is 0.489 e. The van der Waals surface area contributed by atoms with Crippen LogP contribution in [0.1, 0.15) is 44.7 Å². The van der Waals surface area contributed by atoms with Crippen LogP contribution in [0.2, 0.25) is 0 Å². The maximum atomic E-state index is 12.0. The number of aliphatic carboxylic acids is 1. The molecule has 2 N–H and O–H groups in total. The standard InChI is InChI=1S/C22H27NO5/c1-15(19(20(24)25)23-21(26)28-22(2,3)4)17-10-12-18(13-11-17)27-14-16-8-6-5-7-9-16/h5-13,15,19H,14H2,1-4H3,(H,23,26)(H,24,25)/t15?,19-/m0/s1. The molecule has 0 aliphatic carbocycles. The molecule has 1 unspecified atom stereocenters. The molecule has 6 nitrogen and oxygen atoms in total. The van der Waals surface area contributed by atoms with Gasteiger partial charge in [0.05, 0.1) is 0 Å². The summed E-state index contributed by atoms with van der Waals surface area (Å²) >= 11 is 0. The van der Waals surface area contributed by atoms with E-state index < -0.39 is 29.6 Å². The molecule has 0 spiro atoms. The lowest BCUT2D eigenvalue weighted by Crippen LogP contribution is -2.46. The molecule has 1 amide bonds. The van der Waals surface area contributed by atoms with Crippen molar-refractivity contribution in [3.63, 3.8) is 0 Å². The highest BCUT2D eigenvalue weighted by Crippen LogP contribution is 2.23. The molecule has 0 aliphatic rings. The number of alkyl carbamates (subject to hydrolysis) is 1. The summed E-state index contributed by atoms with van der Waals surface area (Å²) in [5, 5.41) is 12.0. The average molecular weight is 385 g/mol. The number of rotatable bonds is 7. The molecule has 6 heteroatoms. The number of carboxylic acid groups (broad SMARTS) is 1. The van der Waals surface area contributed by atoms with Gasteiger partial charge in [-0.1, -0.05) is 49.4 Å². The van der Waals surface area contributed by atoms with E-state index in [4.69, 9.17) is 9.47 Å². The van der Waals surface area contributed by atoms with Crippen molar-refractivity contribution >= 4 is 12.1 Å². The van der Waals surface area contributed by atoms with Gasteiger partial charge >= 0.3 is 12.1 Å². The van der Waals surface area contributed by atoms with Crippen LogP contribution in [0.25, 0.3) is 0 Å². The number of benzene rings is 2. The first-order chi connectivity index (χ1) is 13.2. The molecular weight excluding hydrogens is 358 g/mol. The number of nitrogens with one attached hydrogen (secondary N) is 1. The smallest absolute Gasteiger partial charge is 0.408 e. The van der Waals surface area contributed by atoms with Gasteiger partial charge in [0, 0.05) is 5.92 Å². The van der Waals surface area contributed by atoms with E-state index in [9.17, 15) is 14.7 Å². The molecule has 28 heavy (non-hydrogen) atoms. The van der Waals surface area contributed by atoms with Crippen LogP contribution in [0.15, 0.2) is 54.6 Å². The Morgan fingerprint density at radius 3 is 2.18 bits per heavy atom. The summed E-state index contributed by atoms with van der Waals surface area (Å²) in [6.45, 7) is 7.36. The Labute approximate surface area is 165 Å². The summed E-state index contributed by atoms with van der Waals surface area (Å²) in [6, 6.07) is 15.9. The fourth-order valence-electron chi connectivity index (χ4n) is 2.64. The van der Waals surface area contributed by atoms with Gasteiger partial charge in [0.15, 0.2) is 0 Å². The minimum Gasteiger partial charge on any atom is -0.489 e. The molecule has 0 bridgehead atoms. The molecule has 150 valence electrons. The van der Waals surface area contributed by atoms with Gasteiger partial charge < -0.3 is 19.9 Å². The number of carboxylic acids is 1. The van der Waals surface area contributed by atoms with E-state index in [1.54, 1.807) is 52.0 Å². The zero-order chi connectivity index (χ0) is 20.7. The predicted octanol–water partition coefficient (Wildman–Crippen LogP) is 4.35. The minimum atomic E-state index is -1.12. The minimum absolute atomic E-state index is 0.451. The molecule has 0 saturated carbocycles. The maximum absolute atomic E-state index is 12.0. The average Bonchev–Trinajstić information content (AvgIpc) is 2.63. The first-order valence-corrected chi connectivity index (χ1v) is 9.15. The van der Waals surface area contributed by atoms with Crippen LogP contribution in [0.3, 0.4) is 0 Å². The normalized spacial score (nSPS) is 13.3. The highest BCUT2D eigenvalue weighted by atomic mass is 16.6. The number of hydrogen-bond donors (Lipinski definition) is 2. The Balaban J connectivity index is 2.01. The van der Waals surface area contributed by atoms with Crippen LogP contribution in [0.4, 0.5) is 4.79 Å². The van der Waals surface area contributed by atoms with Gasteiger partial charge in [0.25, 0.3) is 0 Å². The summed E-state index contributed by atoms with van der Waals surface area (Å²) in [5.41, 5.74) is 1.14. The number of amides is 1. The monoisotopic (exact) mass is 385 g/mol. The number of carbonyl (C=O) groups is 2. The number of ether oxygens (including phenoxy) is 2. The first-order valence-electron chi connectivity index (χ1n) is 9.15. The van der Waals surface area contributed by atoms with Gasteiger partial charge in [-0.3, -0.25) is 0 Å². The van der Waals surface area contributed by atoms with E-state index in [0.717, 1.165) is 11.1 Å². The second kappa shape index (κ2) is 9.26. The molecule has 2 rings (SSSR count). The maximum Gasteiger partial charge on any atom is 0.408 e. The second-order valence-electron chi connectivity index (χ2n) is 7.59. The van der Waals surface area contributed by atoms with E-state index in [0.29, 0.717) is 12.4 Å². The molecule has 2 aromatic carbocycles. The highest BCUT2D eigenvalue weighted by molar-refractivity contribution is 5.81. The number of carbonyl (C=O) groups excluding carboxylic acids is 1. The second-order valence-corrected chi connectivity index (χ2v) is 7.59. The Bertz CT molecular complexity index is 781. The molecule has 0 aromatic heterocycles. The van der Waals surface area contributed by atoms with E-state index in [1.165, 1.54) is 0 Å². The molecule has 2 aromatic rings. The third-order valence-electron chi connectivity index (χ3n) is 4.09. The molecular formula is C22H27NO5. The zero-order valence-electron chi connectivity index (χ0n) is 16.6. The van der Waals surface area contributed by atoms with Crippen LogP contribution in [-0.4, -0.2) is 28.8 Å². The van der Waals surface area contributed by atoms with Crippen molar-refractivity contribution in [1.29, 1.82) is 0 Å². The predicted molar refractivity (Wildman–Crippen MR) is 106 cm³/mol. The van der Waals surface area contributed by atoms with Crippen molar-refractivity contribution < 1.29 is 24.2 Å². The van der Waals surface area contributed by atoms with E-state index in [1.807, 2.05) is 30.3 Å². The van der Waals surface area contributed by atoms with Crippen molar-refractivity contribution in [2.45, 2.75) is 51.9 Å². The van der Waals surface area contributed by atoms with E-state index >= 15 is 0 Å². The van der Waals surface area contributed by atoms with Gasteiger partial charge in [0.2, 0.25) is 0 Å². The molecule has 0 fully saturated rings. The zero-order valence-corrected chi connectivity index (χ0v) is 16.6. The van der Waals surface area contributed by atoms with Crippen LogP contribution >= 0.6 is 0 Å². The van der Waals surface area contributed by atoms with Crippen LogP contribution in [0, 0.1) is 0 Å². The third kappa shape index (κ3) is 6.61. The van der Waals surface area contributed by atoms with Gasteiger partial charge in [0.1, 0.15) is 24.0 Å². The fraction of sp³-hybridized carbons (Fsp3) is 0.364. The molecule has 2 atom stereocenters. The fourth-order valence-corrected chi connectivity index (χ4v) is 2.64. The molecule has 0 aliphatic heterocycles. The summed E-state index contributed by atoms with van der Waals surface area (Å²) in [5.74, 6) is -0.886. The Kier molecular flexibility index (Phi) is 7.04. The van der Waals surface area contributed by atoms with Crippen molar-refractivity contribution in [2.75, 3.05) is 0 Å². The van der Waals surface area contributed by atoms with Crippen LogP contribution in [0.5, 0.6) is 5.75 Å². The SMILES string of the molecule is CC(c1ccc(OCc2ccccc2)cc1)[C@H](NC(=O)OC(C)(C)C)C(=O)O. The Morgan fingerprint density at radius 2 is 1.64 bits per heavy atom. The first kappa shape index (κ1) is 21.3. The van der Waals surface area contributed by atoms with Crippen molar-refractivity contribution in [2.24, 2.45) is 0 Å². The Morgan fingerprint density at radius 1 is 1.04 bits per heavy atom. The summed E-state index contributed by atoms with van der Waals surface area (Å²) < 4.78 is 10.9. The molecule has 0 heterocycles. The molecule has 0 radical (unpaired) electrons. The summed E-state index contributed by atoms with van der Waals surface area (Å²) in [4.78, 5) is 23.6. The lowest BCUT2D eigenvalue weighted by Gasteiger charge is -2.25. The van der Waals surface area contributed by atoms with E-state index in [-0.39, 0.29) is 0 Å². The van der Waals surface area contributed by atoms with E-state index in [2.05, 4.69) is 5.32 Å². The van der Waals surface area contributed by atoms with Gasteiger partial charge in [-0.15, -0.1) is 0 Å². The van der Waals surface area contributed by atoms with Gasteiger partial charge in [-0.2, -0.15) is 0 Å².